The largest absolute Gasteiger partial charge is 0.342 e. The topological polar surface area (TPSA) is 40.6 Å². The quantitative estimate of drug-likeness (QED) is 0.846. The van der Waals surface area contributed by atoms with Gasteiger partial charge in [0.25, 0.3) is 0 Å². The first kappa shape index (κ1) is 16.6. The lowest BCUT2D eigenvalue weighted by atomic mass is 9.91. The molecule has 4 rings (SSSR count). The SMILES string of the molecule is O=C([C@H]1CCCN(C(=O)C2(c3cccc(F)c3)CC2)C1)N1CCCC1. The summed E-state index contributed by atoms with van der Waals surface area (Å²) in [4.78, 5) is 29.7. The van der Waals surface area contributed by atoms with Gasteiger partial charge in [-0.15, -0.1) is 0 Å². The zero-order valence-corrected chi connectivity index (χ0v) is 14.5. The van der Waals surface area contributed by atoms with Crippen molar-refractivity contribution in [2.45, 2.75) is 43.9 Å². The van der Waals surface area contributed by atoms with Crippen molar-refractivity contribution in [2.24, 2.45) is 5.92 Å². The molecule has 25 heavy (non-hydrogen) atoms. The molecule has 1 aromatic carbocycles. The maximum absolute atomic E-state index is 13.6. The van der Waals surface area contributed by atoms with Crippen LogP contribution in [0.15, 0.2) is 24.3 Å². The Morgan fingerprint density at radius 1 is 1.04 bits per heavy atom. The van der Waals surface area contributed by atoms with Crippen LogP contribution in [0.25, 0.3) is 0 Å². The average molecular weight is 344 g/mol. The van der Waals surface area contributed by atoms with E-state index in [0.29, 0.717) is 13.1 Å². The molecule has 2 heterocycles. The van der Waals surface area contributed by atoms with Crippen molar-refractivity contribution in [3.8, 4) is 0 Å². The third-order valence-corrected chi connectivity index (χ3v) is 6.01. The molecular weight excluding hydrogens is 319 g/mol. The van der Waals surface area contributed by atoms with Crippen LogP contribution in [0.4, 0.5) is 4.39 Å². The summed E-state index contributed by atoms with van der Waals surface area (Å²) in [6.45, 7) is 2.94. The van der Waals surface area contributed by atoms with Gasteiger partial charge in [-0.3, -0.25) is 9.59 Å². The monoisotopic (exact) mass is 344 g/mol. The van der Waals surface area contributed by atoms with Crippen molar-refractivity contribution in [1.29, 1.82) is 0 Å². The molecule has 0 N–H and O–H groups in total. The molecule has 0 spiro atoms. The Labute approximate surface area is 148 Å². The first-order chi connectivity index (χ1) is 12.1. The van der Waals surface area contributed by atoms with Crippen molar-refractivity contribution in [3.63, 3.8) is 0 Å². The summed E-state index contributed by atoms with van der Waals surface area (Å²) >= 11 is 0. The zero-order chi connectivity index (χ0) is 17.4. The van der Waals surface area contributed by atoms with Gasteiger partial charge in [0.1, 0.15) is 5.82 Å². The second-order valence-electron chi connectivity index (χ2n) is 7.72. The number of hydrogen-bond donors (Lipinski definition) is 0. The highest BCUT2D eigenvalue weighted by Crippen LogP contribution is 2.50. The van der Waals surface area contributed by atoms with E-state index < -0.39 is 5.41 Å². The minimum Gasteiger partial charge on any atom is -0.342 e. The Bertz CT molecular complexity index is 680. The van der Waals surface area contributed by atoms with Crippen molar-refractivity contribution < 1.29 is 14.0 Å². The number of carbonyl (C=O) groups excluding carboxylic acids is 2. The van der Waals surface area contributed by atoms with E-state index >= 15 is 0 Å². The summed E-state index contributed by atoms with van der Waals surface area (Å²) < 4.78 is 13.6. The average Bonchev–Trinajstić information content (AvgIpc) is 3.27. The number of amides is 2. The van der Waals surface area contributed by atoms with Crippen LogP contribution >= 0.6 is 0 Å². The van der Waals surface area contributed by atoms with Crippen LogP contribution in [-0.4, -0.2) is 47.8 Å². The highest BCUT2D eigenvalue weighted by Gasteiger charge is 2.53. The van der Waals surface area contributed by atoms with Gasteiger partial charge in [0.2, 0.25) is 11.8 Å². The smallest absolute Gasteiger partial charge is 0.233 e. The molecule has 0 radical (unpaired) electrons. The van der Waals surface area contributed by atoms with Crippen LogP contribution in [0.2, 0.25) is 0 Å². The van der Waals surface area contributed by atoms with Gasteiger partial charge in [0, 0.05) is 26.2 Å². The Kier molecular flexibility index (Phi) is 4.26. The molecule has 4 nitrogen and oxygen atoms in total. The Morgan fingerprint density at radius 3 is 2.44 bits per heavy atom. The van der Waals surface area contributed by atoms with Gasteiger partial charge in [-0.05, 0) is 56.2 Å². The van der Waals surface area contributed by atoms with Gasteiger partial charge in [-0.25, -0.2) is 4.39 Å². The second-order valence-corrected chi connectivity index (χ2v) is 7.72. The molecule has 3 aliphatic rings. The lowest BCUT2D eigenvalue weighted by Gasteiger charge is -2.36. The van der Waals surface area contributed by atoms with E-state index in [1.165, 1.54) is 12.1 Å². The molecule has 1 aliphatic carbocycles. The van der Waals surface area contributed by atoms with E-state index in [4.69, 9.17) is 0 Å². The van der Waals surface area contributed by atoms with Crippen LogP contribution in [-0.2, 0) is 15.0 Å². The maximum atomic E-state index is 13.6. The molecule has 1 atom stereocenters. The lowest BCUT2D eigenvalue weighted by molar-refractivity contribution is -0.141. The molecule has 0 aromatic heterocycles. The van der Waals surface area contributed by atoms with Crippen LogP contribution in [0.5, 0.6) is 0 Å². The van der Waals surface area contributed by atoms with Crippen LogP contribution in [0, 0.1) is 11.7 Å². The molecule has 2 amide bonds. The Morgan fingerprint density at radius 2 is 1.76 bits per heavy atom. The summed E-state index contributed by atoms with van der Waals surface area (Å²) in [5.41, 5.74) is 0.228. The van der Waals surface area contributed by atoms with Gasteiger partial charge >= 0.3 is 0 Å². The van der Waals surface area contributed by atoms with E-state index in [1.807, 2.05) is 15.9 Å². The van der Waals surface area contributed by atoms with Gasteiger partial charge in [-0.2, -0.15) is 0 Å². The molecule has 1 aromatic rings. The molecule has 3 fully saturated rings. The second kappa shape index (κ2) is 6.43. The standard InChI is InChI=1S/C20H25FN2O2/c21-17-7-3-6-16(13-17)20(8-9-20)19(25)23-12-4-5-15(14-23)18(24)22-10-1-2-11-22/h3,6-7,13,15H,1-2,4-5,8-12,14H2/t15-/m0/s1. The summed E-state index contributed by atoms with van der Waals surface area (Å²) in [6, 6.07) is 6.43. The lowest BCUT2D eigenvalue weighted by Crippen LogP contribution is -2.49. The van der Waals surface area contributed by atoms with Crippen LogP contribution in [0.3, 0.4) is 0 Å². The minimum atomic E-state index is -0.555. The number of benzene rings is 1. The number of nitrogens with zero attached hydrogens (tertiary/aromatic N) is 2. The summed E-state index contributed by atoms with van der Waals surface area (Å²) in [5, 5.41) is 0. The molecule has 5 heteroatoms. The number of hydrogen-bond acceptors (Lipinski definition) is 2. The first-order valence-electron chi connectivity index (χ1n) is 9.44. The van der Waals surface area contributed by atoms with E-state index in [2.05, 4.69) is 0 Å². The molecule has 2 saturated heterocycles. The molecule has 2 aliphatic heterocycles. The zero-order valence-electron chi connectivity index (χ0n) is 14.5. The summed E-state index contributed by atoms with van der Waals surface area (Å²) in [5.74, 6) is -0.0703. The number of halogens is 1. The summed E-state index contributed by atoms with van der Waals surface area (Å²) in [7, 11) is 0. The molecule has 1 saturated carbocycles. The number of carbonyl (C=O) groups is 2. The number of rotatable bonds is 3. The predicted octanol–water partition coefficient (Wildman–Crippen LogP) is 2.72. The molecule has 134 valence electrons. The molecule has 0 unspecified atom stereocenters. The summed E-state index contributed by atoms with van der Waals surface area (Å²) in [6.07, 6.45) is 5.46. The van der Waals surface area contributed by atoms with Crippen molar-refractivity contribution in [1.82, 2.24) is 9.80 Å². The molecule has 0 bridgehead atoms. The predicted molar refractivity (Wildman–Crippen MR) is 92.4 cm³/mol. The van der Waals surface area contributed by atoms with E-state index in [-0.39, 0.29) is 23.5 Å². The maximum Gasteiger partial charge on any atom is 0.233 e. The minimum absolute atomic E-state index is 0.0703. The van der Waals surface area contributed by atoms with Crippen molar-refractivity contribution in [2.75, 3.05) is 26.2 Å². The van der Waals surface area contributed by atoms with E-state index in [9.17, 15) is 14.0 Å². The van der Waals surface area contributed by atoms with Crippen molar-refractivity contribution in [3.05, 3.63) is 35.6 Å². The van der Waals surface area contributed by atoms with Crippen LogP contribution < -0.4 is 0 Å². The third kappa shape index (κ3) is 3.05. The van der Waals surface area contributed by atoms with E-state index in [1.54, 1.807) is 6.07 Å². The van der Waals surface area contributed by atoms with Gasteiger partial charge in [-0.1, -0.05) is 12.1 Å². The van der Waals surface area contributed by atoms with Crippen molar-refractivity contribution >= 4 is 11.8 Å². The van der Waals surface area contributed by atoms with Gasteiger partial charge < -0.3 is 9.80 Å². The fourth-order valence-corrected chi connectivity index (χ4v) is 4.40. The first-order valence-corrected chi connectivity index (χ1v) is 9.44. The normalized spacial score (nSPS) is 25.1. The fraction of sp³-hybridized carbons (Fsp3) is 0.600. The van der Waals surface area contributed by atoms with Gasteiger partial charge in [0.05, 0.1) is 11.3 Å². The van der Waals surface area contributed by atoms with E-state index in [0.717, 1.165) is 57.2 Å². The number of likely N-dealkylation sites (tertiary alicyclic amines) is 2. The Hall–Kier alpha value is -1.91. The highest BCUT2D eigenvalue weighted by molar-refractivity contribution is 5.92. The number of piperidine rings is 1. The molecular formula is C20H25FN2O2. The Balaban J connectivity index is 1.47. The van der Waals surface area contributed by atoms with Crippen LogP contribution in [0.1, 0.15) is 44.1 Å². The highest BCUT2D eigenvalue weighted by atomic mass is 19.1. The fourth-order valence-electron chi connectivity index (χ4n) is 4.40. The van der Waals surface area contributed by atoms with Gasteiger partial charge in [0.15, 0.2) is 0 Å². The third-order valence-electron chi connectivity index (χ3n) is 6.01.